The minimum absolute atomic E-state index is 0.0777. The van der Waals surface area contributed by atoms with Crippen LogP contribution >= 0.6 is 0 Å². The highest BCUT2D eigenvalue weighted by Gasteiger charge is 2.27. The summed E-state index contributed by atoms with van der Waals surface area (Å²) in [5, 5.41) is 5.02. The molecule has 1 aromatic carbocycles. The Morgan fingerprint density at radius 3 is 2.63 bits per heavy atom. The predicted molar refractivity (Wildman–Crippen MR) is 97.0 cm³/mol. The molecule has 0 aromatic heterocycles. The third-order valence-electron chi connectivity index (χ3n) is 4.04. The average Bonchev–Trinajstić information content (AvgIpc) is 2.96. The average molecular weight is 380 g/mol. The van der Waals surface area contributed by atoms with Gasteiger partial charge < -0.3 is 24.9 Å². The van der Waals surface area contributed by atoms with Crippen molar-refractivity contribution in [1.82, 2.24) is 5.32 Å². The molecule has 148 valence electrons. The molecule has 1 aromatic rings. The molecule has 1 unspecified atom stereocenters. The Kier molecular flexibility index (Phi) is 6.54. The van der Waals surface area contributed by atoms with Crippen LogP contribution in [0.15, 0.2) is 12.1 Å². The predicted octanol–water partition coefficient (Wildman–Crippen LogP) is 2.22. The second-order valence-corrected chi connectivity index (χ2v) is 7.54. The zero-order chi connectivity index (χ0) is 20.2. The monoisotopic (exact) mass is 380 g/mol. The molecule has 0 saturated carbocycles. The summed E-state index contributed by atoms with van der Waals surface area (Å²) in [6.45, 7) is 5.04. The molecule has 0 fully saturated rings. The van der Waals surface area contributed by atoms with Crippen molar-refractivity contribution in [2.24, 2.45) is 5.92 Å². The fourth-order valence-electron chi connectivity index (χ4n) is 2.92. The van der Waals surface area contributed by atoms with Crippen LogP contribution in [0.4, 0.5) is 14.9 Å². The smallest absolute Gasteiger partial charge is 0.408 e. The Morgan fingerprint density at radius 2 is 2.04 bits per heavy atom. The first-order valence-corrected chi connectivity index (χ1v) is 8.69. The van der Waals surface area contributed by atoms with Gasteiger partial charge in [-0.1, -0.05) is 0 Å². The molecule has 1 aliphatic carbocycles. The molecule has 7 nitrogen and oxygen atoms in total. The van der Waals surface area contributed by atoms with Gasteiger partial charge in [0.05, 0.1) is 6.61 Å². The van der Waals surface area contributed by atoms with E-state index in [-0.39, 0.29) is 18.2 Å². The van der Waals surface area contributed by atoms with E-state index in [9.17, 15) is 18.8 Å². The molecule has 0 bridgehead atoms. The lowest BCUT2D eigenvalue weighted by atomic mass is 10.1. The Hall–Kier alpha value is -2.48. The fraction of sp³-hybridized carbons (Fsp3) is 0.526. The molecule has 2 rings (SSSR count). The number of halogens is 1. The van der Waals surface area contributed by atoms with Crippen LogP contribution in [-0.4, -0.2) is 43.6 Å². The number of rotatable bonds is 6. The van der Waals surface area contributed by atoms with Crippen molar-refractivity contribution in [1.29, 1.82) is 0 Å². The zero-order valence-corrected chi connectivity index (χ0v) is 15.9. The van der Waals surface area contributed by atoms with Crippen LogP contribution in [0.2, 0.25) is 0 Å². The molecule has 2 amide bonds. The summed E-state index contributed by atoms with van der Waals surface area (Å²) in [5.74, 6) is -1.27. The van der Waals surface area contributed by atoms with Gasteiger partial charge in [0.25, 0.3) is 0 Å². The van der Waals surface area contributed by atoms with Crippen molar-refractivity contribution in [2.45, 2.75) is 45.3 Å². The van der Waals surface area contributed by atoms with E-state index < -0.39 is 29.5 Å². The number of ether oxygens (including phenoxy) is 2. The van der Waals surface area contributed by atoms with E-state index in [1.165, 1.54) is 13.2 Å². The molecule has 0 heterocycles. The minimum atomic E-state index is -1.01. The number of fused-ring (bicyclic) bond motifs is 1. The number of anilines is 1. The van der Waals surface area contributed by atoms with E-state index in [1.54, 1.807) is 26.8 Å². The number of aldehydes is 1. The summed E-state index contributed by atoms with van der Waals surface area (Å²) in [4.78, 5) is 35.4. The van der Waals surface area contributed by atoms with E-state index in [2.05, 4.69) is 10.6 Å². The fourth-order valence-corrected chi connectivity index (χ4v) is 2.92. The number of alkyl carbamates (subject to hydrolysis) is 1. The molecule has 1 aliphatic rings. The van der Waals surface area contributed by atoms with Gasteiger partial charge >= 0.3 is 6.09 Å². The van der Waals surface area contributed by atoms with E-state index in [0.717, 1.165) is 6.29 Å². The molecule has 8 heteroatoms. The summed E-state index contributed by atoms with van der Waals surface area (Å²) in [7, 11) is 1.39. The topological polar surface area (TPSA) is 93.7 Å². The second kappa shape index (κ2) is 8.47. The number of hydrogen-bond acceptors (Lipinski definition) is 5. The van der Waals surface area contributed by atoms with Crippen molar-refractivity contribution in [3.05, 3.63) is 29.1 Å². The number of hydrogen-bond donors (Lipinski definition) is 2. The van der Waals surface area contributed by atoms with Crippen LogP contribution in [0, 0.1) is 11.7 Å². The Bertz CT molecular complexity index is 730. The second-order valence-electron chi connectivity index (χ2n) is 7.54. The van der Waals surface area contributed by atoms with Crippen molar-refractivity contribution >= 4 is 24.0 Å². The van der Waals surface area contributed by atoms with Gasteiger partial charge in [-0.2, -0.15) is 0 Å². The highest BCUT2D eigenvalue weighted by atomic mass is 19.1. The van der Waals surface area contributed by atoms with Crippen LogP contribution in [-0.2, 0) is 31.9 Å². The summed E-state index contributed by atoms with van der Waals surface area (Å²) in [6, 6.07) is 1.85. The van der Waals surface area contributed by atoms with Crippen LogP contribution in [0.5, 0.6) is 0 Å². The third-order valence-corrected chi connectivity index (χ3v) is 4.04. The first-order chi connectivity index (χ1) is 12.6. The minimum Gasteiger partial charge on any atom is -0.444 e. The van der Waals surface area contributed by atoms with Crippen molar-refractivity contribution in [3.63, 3.8) is 0 Å². The zero-order valence-electron chi connectivity index (χ0n) is 15.9. The van der Waals surface area contributed by atoms with Gasteiger partial charge in [0.15, 0.2) is 0 Å². The Balaban J connectivity index is 2.08. The first kappa shape index (κ1) is 20.8. The quantitative estimate of drug-likeness (QED) is 0.738. The molecule has 0 saturated heterocycles. The lowest BCUT2D eigenvalue weighted by Gasteiger charge is -2.23. The molecule has 0 aliphatic heterocycles. The standard InChI is InChI=1S/C19H25FN2O5/c1-19(2,3)27-18(25)22-16(10-26-4)17(24)21-13-7-12-5-11(9-23)6-14(12)15(20)8-13/h7-9,11,16H,5-6,10H2,1-4H3,(H,21,24)(H,22,25)/t11?,16-/m1/s1. The lowest BCUT2D eigenvalue weighted by molar-refractivity contribution is -0.119. The maximum Gasteiger partial charge on any atom is 0.408 e. The van der Waals surface area contributed by atoms with Crippen LogP contribution in [0.1, 0.15) is 31.9 Å². The molecule has 2 N–H and O–H groups in total. The van der Waals surface area contributed by atoms with Gasteiger partial charge in [0, 0.05) is 18.7 Å². The highest BCUT2D eigenvalue weighted by Crippen LogP contribution is 2.30. The normalized spacial score (nSPS) is 17.0. The van der Waals surface area contributed by atoms with Gasteiger partial charge in [-0.3, -0.25) is 4.79 Å². The highest BCUT2D eigenvalue weighted by molar-refractivity contribution is 5.96. The van der Waals surface area contributed by atoms with Gasteiger partial charge in [-0.25, -0.2) is 9.18 Å². The number of nitrogens with one attached hydrogen (secondary N) is 2. The van der Waals surface area contributed by atoms with Gasteiger partial charge in [0.2, 0.25) is 5.91 Å². The third kappa shape index (κ3) is 5.75. The van der Waals surface area contributed by atoms with Crippen LogP contribution < -0.4 is 10.6 Å². The number of carbonyl (C=O) groups excluding carboxylic acids is 3. The van der Waals surface area contributed by atoms with E-state index in [1.807, 2.05) is 0 Å². The molecule has 27 heavy (non-hydrogen) atoms. The molecular formula is C19H25FN2O5. The number of carbonyl (C=O) groups is 3. The van der Waals surface area contributed by atoms with Crippen LogP contribution in [0.3, 0.4) is 0 Å². The number of amides is 2. The number of benzene rings is 1. The van der Waals surface area contributed by atoms with Gasteiger partial charge in [-0.05, 0) is 56.9 Å². The van der Waals surface area contributed by atoms with Crippen molar-refractivity contribution in [3.8, 4) is 0 Å². The van der Waals surface area contributed by atoms with E-state index in [0.29, 0.717) is 24.0 Å². The maximum absolute atomic E-state index is 14.3. The summed E-state index contributed by atoms with van der Waals surface area (Å²) >= 11 is 0. The van der Waals surface area contributed by atoms with E-state index in [4.69, 9.17) is 9.47 Å². The van der Waals surface area contributed by atoms with Gasteiger partial charge in [-0.15, -0.1) is 0 Å². The van der Waals surface area contributed by atoms with Crippen molar-refractivity contribution in [2.75, 3.05) is 19.0 Å². The molecule has 2 atom stereocenters. The summed E-state index contributed by atoms with van der Waals surface area (Å²) in [5.41, 5.74) is 0.752. The molecule has 0 radical (unpaired) electrons. The van der Waals surface area contributed by atoms with E-state index >= 15 is 0 Å². The SMILES string of the molecule is COC[C@@H](NC(=O)OC(C)(C)C)C(=O)Nc1cc(F)c2c(c1)CC(C=O)C2. The van der Waals surface area contributed by atoms with Crippen LogP contribution in [0.25, 0.3) is 0 Å². The van der Waals surface area contributed by atoms with Gasteiger partial charge in [0.1, 0.15) is 23.7 Å². The Morgan fingerprint density at radius 1 is 1.33 bits per heavy atom. The maximum atomic E-state index is 14.3. The molecular weight excluding hydrogens is 355 g/mol. The number of methoxy groups -OCH3 is 1. The first-order valence-electron chi connectivity index (χ1n) is 8.69. The largest absolute Gasteiger partial charge is 0.444 e. The van der Waals surface area contributed by atoms with Crippen molar-refractivity contribution < 1.29 is 28.2 Å². The lowest BCUT2D eigenvalue weighted by Crippen LogP contribution is -2.48. The Labute approximate surface area is 157 Å². The summed E-state index contributed by atoms with van der Waals surface area (Å²) < 4.78 is 24.4. The molecule has 0 spiro atoms. The summed E-state index contributed by atoms with van der Waals surface area (Å²) in [6.07, 6.45) is 0.869.